The number of methoxy groups -OCH3 is 1. The minimum absolute atomic E-state index is 0.0134. The Bertz CT molecular complexity index is 1140. The third-order valence-electron chi connectivity index (χ3n) is 5.64. The van der Waals surface area contributed by atoms with Crippen LogP contribution in [0.3, 0.4) is 0 Å². The van der Waals surface area contributed by atoms with E-state index < -0.39 is 0 Å². The molecular weight excluding hydrogens is 424 g/mol. The van der Waals surface area contributed by atoms with Gasteiger partial charge in [-0.25, -0.2) is 4.79 Å². The number of hydrogen-bond donors (Lipinski definition) is 1. The van der Waals surface area contributed by atoms with E-state index in [0.29, 0.717) is 17.0 Å². The molecule has 5 nitrogen and oxygen atoms in total. The molecule has 0 saturated heterocycles. The largest absolute Gasteiger partial charge is 0.465 e. The van der Waals surface area contributed by atoms with Crippen molar-refractivity contribution in [3.05, 3.63) is 88.9 Å². The van der Waals surface area contributed by atoms with Gasteiger partial charge in [-0.05, 0) is 73.0 Å². The zero-order valence-electron chi connectivity index (χ0n) is 18.2. The van der Waals surface area contributed by atoms with E-state index in [-0.39, 0.29) is 17.9 Å². The highest BCUT2D eigenvalue weighted by atomic mass is 35.5. The third kappa shape index (κ3) is 4.34. The number of benzene rings is 3. The number of rotatable bonds is 4. The molecule has 1 N–H and O–H groups in total. The Hall–Kier alpha value is -3.31. The fourth-order valence-electron chi connectivity index (χ4n) is 4.12. The van der Waals surface area contributed by atoms with E-state index in [4.69, 9.17) is 16.3 Å². The normalized spacial score (nSPS) is 15.8. The molecule has 0 aliphatic carbocycles. The second-order valence-electron chi connectivity index (χ2n) is 7.85. The Balaban J connectivity index is 1.73. The van der Waals surface area contributed by atoms with E-state index in [1.165, 1.54) is 7.11 Å². The number of amides is 1. The van der Waals surface area contributed by atoms with Crippen LogP contribution >= 0.6 is 11.6 Å². The number of carbonyl (C=O) groups is 2. The second-order valence-corrected chi connectivity index (χ2v) is 8.29. The molecule has 6 heteroatoms. The molecule has 3 aromatic carbocycles. The van der Waals surface area contributed by atoms with Crippen LogP contribution in [0.25, 0.3) is 11.1 Å². The van der Waals surface area contributed by atoms with Gasteiger partial charge in [0.25, 0.3) is 0 Å². The predicted molar refractivity (Wildman–Crippen MR) is 128 cm³/mol. The molecule has 163 valence electrons. The van der Waals surface area contributed by atoms with E-state index in [1.54, 1.807) is 19.1 Å². The highest BCUT2D eigenvalue weighted by molar-refractivity contribution is 6.30. The molecule has 4 rings (SSSR count). The lowest BCUT2D eigenvalue weighted by molar-refractivity contribution is -0.117. The molecular formula is C26H24ClN2O3. The Morgan fingerprint density at radius 1 is 1.00 bits per heavy atom. The Kier molecular flexibility index (Phi) is 6.19. The number of carbonyl (C=O) groups excluding carboxylic acids is 2. The smallest absolute Gasteiger partial charge is 0.337 e. The molecule has 32 heavy (non-hydrogen) atoms. The Labute approximate surface area is 193 Å². The average molecular weight is 448 g/mol. The monoisotopic (exact) mass is 447 g/mol. The van der Waals surface area contributed by atoms with Crippen LogP contribution in [0.5, 0.6) is 0 Å². The summed E-state index contributed by atoms with van der Waals surface area (Å²) in [5, 5.41) is 4.20. The van der Waals surface area contributed by atoms with E-state index in [1.807, 2.05) is 60.4 Å². The van der Waals surface area contributed by atoms with Gasteiger partial charge in [-0.3, -0.25) is 4.79 Å². The number of anilines is 2. The Morgan fingerprint density at radius 3 is 2.28 bits per heavy atom. The number of nitrogens with zero attached hydrogens (tertiary/aromatic N) is 1. The van der Waals surface area contributed by atoms with E-state index in [9.17, 15) is 9.59 Å². The van der Waals surface area contributed by atoms with Gasteiger partial charge >= 0.3 is 5.97 Å². The maximum absolute atomic E-state index is 12.4. The molecule has 0 fully saturated rings. The van der Waals surface area contributed by atoms with Crippen LogP contribution in [0.2, 0.25) is 5.02 Å². The van der Waals surface area contributed by atoms with Crippen molar-refractivity contribution in [2.45, 2.75) is 26.3 Å². The van der Waals surface area contributed by atoms with E-state index in [2.05, 4.69) is 11.4 Å². The number of hydrogen-bond acceptors (Lipinski definition) is 4. The van der Waals surface area contributed by atoms with Crippen LogP contribution in [0.1, 0.15) is 36.2 Å². The van der Waals surface area contributed by atoms with Crippen molar-refractivity contribution in [1.82, 2.24) is 0 Å². The van der Waals surface area contributed by atoms with Gasteiger partial charge < -0.3 is 15.0 Å². The van der Waals surface area contributed by atoms with Crippen LogP contribution in [-0.2, 0) is 9.53 Å². The predicted octanol–water partition coefficient (Wildman–Crippen LogP) is 5.93. The zero-order chi connectivity index (χ0) is 22.8. The molecule has 1 aliphatic rings. The first-order valence-corrected chi connectivity index (χ1v) is 10.8. The van der Waals surface area contributed by atoms with Crippen LogP contribution in [0, 0.1) is 6.04 Å². The van der Waals surface area contributed by atoms with Gasteiger partial charge in [-0.2, -0.15) is 0 Å². The first-order valence-electron chi connectivity index (χ1n) is 10.4. The van der Waals surface area contributed by atoms with E-state index >= 15 is 0 Å². The lowest BCUT2D eigenvalue weighted by Gasteiger charge is -2.39. The summed E-state index contributed by atoms with van der Waals surface area (Å²) in [5.41, 5.74) is 5.26. The molecule has 1 amide bonds. The highest BCUT2D eigenvalue weighted by Crippen LogP contribution is 2.40. The van der Waals surface area contributed by atoms with Gasteiger partial charge in [0.1, 0.15) is 0 Å². The van der Waals surface area contributed by atoms with Crippen LogP contribution in [0.15, 0.2) is 66.7 Å². The number of halogens is 1. The lowest BCUT2D eigenvalue weighted by Crippen LogP contribution is -2.43. The highest BCUT2D eigenvalue weighted by Gasteiger charge is 2.33. The summed E-state index contributed by atoms with van der Waals surface area (Å²) in [6, 6.07) is 22.0. The summed E-state index contributed by atoms with van der Waals surface area (Å²) in [6.45, 7) is 3.64. The third-order valence-corrected chi connectivity index (χ3v) is 5.89. The van der Waals surface area contributed by atoms with Gasteiger partial charge in [-0.1, -0.05) is 29.8 Å². The standard InChI is InChI=1S/C26H24ClN2O3/c1-16-14-24(28-22-11-9-21(27)10-12-22)23-15-20(8-13-25(23)29(16)17(2)30)18-4-6-19(7-5-18)26(31)32-3/h4-13,15-16,28H,14H2,1-3H3/t16-/m0/s1. The maximum atomic E-state index is 12.4. The summed E-state index contributed by atoms with van der Waals surface area (Å²) in [5.74, 6) is -0.352. The summed E-state index contributed by atoms with van der Waals surface area (Å²) >= 11 is 6.03. The molecule has 0 spiro atoms. The summed E-state index contributed by atoms with van der Waals surface area (Å²) < 4.78 is 4.78. The van der Waals surface area contributed by atoms with Crippen molar-refractivity contribution < 1.29 is 14.3 Å². The number of esters is 1. The topological polar surface area (TPSA) is 58.6 Å². The zero-order valence-corrected chi connectivity index (χ0v) is 18.9. The Morgan fingerprint density at radius 2 is 1.66 bits per heavy atom. The van der Waals surface area contributed by atoms with Crippen LogP contribution in [0.4, 0.5) is 11.4 Å². The number of fused-ring (bicyclic) bond motifs is 1. The summed E-state index contributed by atoms with van der Waals surface area (Å²) in [7, 11) is 1.37. The van der Waals surface area contributed by atoms with Crippen LogP contribution in [-0.4, -0.2) is 25.0 Å². The fourth-order valence-corrected chi connectivity index (χ4v) is 4.25. The quantitative estimate of drug-likeness (QED) is 0.503. The number of nitrogens with one attached hydrogen (secondary N) is 1. The molecule has 0 aromatic heterocycles. The van der Waals surface area contributed by atoms with E-state index in [0.717, 1.165) is 34.1 Å². The maximum Gasteiger partial charge on any atom is 0.337 e. The average Bonchev–Trinajstić information content (AvgIpc) is 2.79. The number of ether oxygens (including phenoxy) is 1. The fraction of sp³-hybridized carbons (Fsp3) is 0.192. The molecule has 1 aliphatic heterocycles. The first kappa shape index (κ1) is 21.9. The van der Waals surface area contributed by atoms with Gasteiger partial charge in [0, 0.05) is 34.9 Å². The van der Waals surface area contributed by atoms with Crippen molar-refractivity contribution in [3.8, 4) is 11.1 Å². The minimum Gasteiger partial charge on any atom is -0.465 e. The first-order chi connectivity index (χ1) is 15.4. The van der Waals surface area contributed by atoms with Crippen molar-refractivity contribution >= 4 is 34.9 Å². The molecule has 1 atom stereocenters. The summed E-state index contributed by atoms with van der Waals surface area (Å²) in [6.07, 6.45) is 0.694. The molecule has 3 aromatic rings. The van der Waals surface area contributed by atoms with Gasteiger partial charge in [-0.15, -0.1) is 0 Å². The van der Waals surface area contributed by atoms with Crippen LogP contribution < -0.4 is 10.2 Å². The van der Waals surface area contributed by atoms with Gasteiger partial charge in [0.2, 0.25) is 5.91 Å². The minimum atomic E-state index is -0.365. The summed E-state index contributed by atoms with van der Waals surface area (Å²) in [4.78, 5) is 26.0. The van der Waals surface area contributed by atoms with Gasteiger partial charge in [0.05, 0.1) is 18.7 Å². The van der Waals surface area contributed by atoms with Crippen molar-refractivity contribution in [2.75, 3.05) is 17.3 Å². The van der Waals surface area contributed by atoms with Crippen molar-refractivity contribution in [2.24, 2.45) is 0 Å². The van der Waals surface area contributed by atoms with Gasteiger partial charge in [0.15, 0.2) is 0 Å². The van der Waals surface area contributed by atoms with Crippen molar-refractivity contribution in [1.29, 1.82) is 0 Å². The molecule has 1 radical (unpaired) electrons. The molecule has 0 saturated carbocycles. The van der Waals surface area contributed by atoms with Crippen molar-refractivity contribution in [3.63, 3.8) is 0 Å². The second kappa shape index (κ2) is 9.05. The molecule has 1 heterocycles. The SMILES string of the molecule is COC(=O)c1ccc(-c2ccc3c(c2)[C](Nc2ccc(Cl)cc2)C[C@H](C)N3C(C)=O)cc1. The lowest BCUT2D eigenvalue weighted by atomic mass is 9.88. The molecule has 0 bridgehead atoms. The molecule has 0 unspecified atom stereocenters.